The van der Waals surface area contributed by atoms with Crippen molar-refractivity contribution >= 4 is 18.3 Å². The van der Waals surface area contributed by atoms with Gasteiger partial charge in [0.05, 0.1) is 0 Å². The summed E-state index contributed by atoms with van der Waals surface area (Å²) < 4.78 is 0. The highest BCUT2D eigenvalue weighted by atomic mass is 35.5. The Bertz CT molecular complexity index is 309. The molecule has 16 heavy (non-hydrogen) atoms. The first-order valence-corrected chi connectivity index (χ1v) is 5.37. The number of H-pyrrole nitrogens is 1. The number of hydrogen-bond donors (Lipinski definition) is 3. The Balaban J connectivity index is 0.00000128. The average Bonchev–Trinajstić information content (AvgIpc) is 2.90. The second-order valence-corrected chi connectivity index (χ2v) is 3.81. The van der Waals surface area contributed by atoms with E-state index in [0.717, 1.165) is 19.5 Å². The first-order valence-electron chi connectivity index (χ1n) is 5.37. The van der Waals surface area contributed by atoms with Crippen molar-refractivity contribution in [3.05, 3.63) is 18.0 Å². The molecule has 1 atom stereocenters. The number of nitrogens with one attached hydrogen (secondary N) is 3. The highest BCUT2D eigenvalue weighted by Crippen LogP contribution is 2.07. The van der Waals surface area contributed by atoms with Crippen molar-refractivity contribution in [1.82, 2.24) is 20.8 Å². The Hall–Kier alpha value is -1.07. The zero-order chi connectivity index (χ0) is 10.5. The number of hydrogen-bond acceptors (Lipinski definition) is 3. The summed E-state index contributed by atoms with van der Waals surface area (Å²) in [5, 5.41) is 12.6. The van der Waals surface area contributed by atoms with Crippen LogP contribution >= 0.6 is 12.4 Å². The Morgan fingerprint density at radius 3 is 3.12 bits per heavy atom. The van der Waals surface area contributed by atoms with E-state index in [0.29, 0.717) is 11.7 Å². The summed E-state index contributed by atoms with van der Waals surface area (Å²) in [5.41, 5.74) is 0.523. The molecule has 90 valence electrons. The van der Waals surface area contributed by atoms with Crippen LogP contribution in [0.4, 0.5) is 0 Å². The van der Waals surface area contributed by atoms with Crippen LogP contribution in [-0.4, -0.2) is 35.2 Å². The van der Waals surface area contributed by atoms with Gasteiger partial charge in [-0.05, 0) is 31.9 Å². The van der Waals surface area contributed by atoms with Crippen molar-refractivity contribution in [2.45, 2.75) is 25.3 Å². The van der Waals surface area contributed by atoms with Crippen LogP contribution in [0.2, 0.25) is 0 Å². The van der Waals surface area contributed by atoms with E-state index in [4.69, 9.17) is 0 Å². The predicted octanol–water partition coefficient (Wildman–Crippen LogP) is 0.703. The number of aromatic nitrogens is 2. The van der Waals surface area contributed by atoms with Crippen molar-refractivity contribution < 1.29 is 4.79 Å². The smallest absolute Gasteiger partial charge is 0.269 e. The first-order chi connectivity index (χ1) is 7.36. The number of nitrogens with zero attached hydrogens (tertiary/aromatic N) is 1. The Labute approximate surface area is 101 Å². The van der Waals surface area contributed by atoms with Crippen LogP contribution in [0.3, 0.4) is 0 Å². The van der Waals surface area contributed by atoms with Crippen LogP contribution in [0.1, 0.15) is 29.8 Å². The molecular formula is C10H17ClN4O. The summed E-state index contributed by atoms with van der Waals surface area (Å²) in [7, 11) is 0. The Kier molecular flexibility index (Phi) is 5.28. The molecule has 0 bridgehead atoms. The molecule has 1 aliphatic rings. The quantitative estimate of drug-likeness (QED) is 0.731. The van der Waals surface area contributed by atoms with Gasteiger partial charge in [-0.2, -0.15) is 5.10 Å². The van der Waals surface area contributed by atoms with Crippen LogP contribution in [0.15, 0.2) is 12.3 Å². The van der Waals surface area contributed by atoms with E-state index >= 15 is 0 Å². The van der Waals surface area contributed by atoms with Crippen LogP contribution in [-0.2, 0) is 0 Å². The van der Waals surface area contributed by atoms with Crippen molar-refractivity contribution in [1.29, 1.82) is 0 Å². The number of amides is 1. The largest absolute Gasteiger partial charge is 0.351 e. The summed E-state index contributed by atoms with van der Waals surface area (Å²) in [4.78, 5) is 11.5. The average molecular weight is 245 g/mol. The molecule has 0 spiro atoms. The normalized spacial score (nSPS) is 19.1. The molecule has 0 unspecified atom stereocenters. The number of rotatable bonds is 4. The summed E-state index contributed by atoms with van der Waals surface area (Å²) in [6.07, 6.45) is 5.05. The molecular weight excluding hydrogens is 228 g/mol. The fourth-order valence-corrected chi connectivity index (χ4v) is 1.84. The molecule has 1 aliphatic heterocycles. The monoisotopic (exact) mass is 244 g/mol. The minimum Gasteiger partial charge on any atom is -0.351 e. The van der Waals surface area contributed by atoms with E-state index in [1.165, 1.54) is 12.8 Å². The fourth-order valence-electron chi connectivity index (χ4n) is 1.84. The molecule has 0 saturated carbocycles. The molecule has 2 heterocycles. The number of carbonyl (C=O) groups is 1. The third-order valence-corrected chi connectivity index (χ3v) is 2.69. The molecule has 0 radical (unpaired) electrons. The molecule has 5 nitrogen and oxygen atoms in total. The number of carbonyl (C=O) groups excluding carboxylic acids is 1. The fraction of sp³-hybridized carbons (Fsp3) is 0.600. The zero-order valence-corrected chi connectivity index (χ0v) is 9.85. The summed E-state index contributed by atoms with van der Waals surface area (Å²) in [5.74, 6) is -0.0782. The van der Waals surface area contributed by atoms with Gasteiger partial charge < -0.3 is 10.6 Å². The van der Waals surface area contributed by atoms with Gasteiger partial charge in [-0.25, -0.2) is 0 Å². The number of aromatic amines is 1. The molecule has 1 aromatic heterocycles. The SMILES string of the molecule is Cl.O=C(NCC[C@H]1CCCN1)c1ccn[nH]1. The lowest BCUT2D eigenvalue weighted by atomic mass is 10.1. The van der Waals surface area contributed by atoms with E-state index < -0.39 is 0 Å². The Morgan fingerprint density at radius 1 is 1.62 bits per heavy atom. The minimum absolute atomic E-state index is 0. The lowest BCUT2D eigenvalue weighted by Crippen LogP contribution is -2.30. The van der Waals surface area contributed by atoms with Gasteiger partial charge in [0.2, 0.25) is 0 Å². The first kappa shape index (κ1) is 13.0. The van der Waals surface area contributed by atoms with Gasteiger partial charge >= 0.3 is 0 Å². The van der Waals surface area contributed by atoms with Gasteiger partial charge in [0.15, 0.2) is 0 Å². The molecule has 0 aromatic carbocycles. The standard InChI is InChI=1S/C10H16N4O.ClH/c15-10(9-4-7-13-14-9)12-6-3-8-2-1-5-11-8;/h4,7-8,11H,1-3,5-6H2,(H,12,15)(H,13,14);1H/t8-;/m1./s1. The predicted molar refractivity (Wildman–Crippen MR) is 63.8 cm³/mol. The molecule has 1 aromatic rings. The van der Waals surface area contributed by atoms with Crippen LogP contribution in [0.25, 0.3) is 0 Å². The molecule has 1 amide bonds. The van der Waals surface area contributed by atoms with Crippen molar-refractivity contribution in [3.63, 3.8) is 0 Å². The molecule has 6 heteroatoms. The van der Waals surface area contributed by atoms with Crippen molar-refractivity contribution in [3.8, 4) is 0 Å². The van der Waals surface area contributed by atoms with Gasteiger partial charge in [0.25, 0.3) is 5.91 Å². The summed E-state index contributed by atoms with van der Waals surface area (Å²) >= 11 is 0. The maximum absolute atomic E-state index is 11.5. The second kappa shape index (κ2) is 6.50. The molecule has 0 aliphatic carbocycles. The highest BCUT2D eigenvalue weighted by Gasteiger charge is 2.14. The topological polar surface area (TPSA) is 69.8 Å². The lowest BCUT2D eigenvalue weighted by molar-refractivity contribution is 0.0947. The molecule has 2 rings (SSSR count). The highest BCUT2D eigenvalue weighted by molar-refractivity contribution is 5.92. The number of halogens is 1. The maximum atomic E-state index is 11.5. The molecule has 3 N–H and O–H groups in total. The molecule has 1 saturated heterocycles. The second-order valence-electron chi connectivity index (χ2n) is 3.81. The van der Waals surface area contributed by atoms with Gasteiger partial charge in [-0.15, -0.1) is 12.4 Å². The maximum Gasteiger partial charge on any atom is 0.269 e. The van der Waals surface area contributed by atoms with E-state index in [-0.39, 0.29) is 18.3 Å². The van der Waals surface area contributed by atoms with Gasteiger partial charge in [0.1, 0.15) is 5.69 Å². The van der Waals surface area contributed by atoms with E-state index in [9.17, 15) is 4.79 Å². The van der Waals surface area contributed by atoms with Gasteiger partial charge in [0, 0.05) is 18.8 Å². The zero-order valence-electron chi connectivity index (χ0n) is 9.03. The van der Waals surface area contributed by atoms with Crippen LogP contribution < -0.4 is 10.6 Å². The molecule has 1 fully saturated rings. The van der Waals surface area contributed by atoms with E-state index in [1.807, 2.05) is 0 Å². The van der Waals surface area contributed by atoms with Crippen LogP contribution in [0, 0.1) is 0 Å². The third kappa shape index (κ3) is 3.50. The van der Waals surface area contributed by atoms with E-state index in [1.54, 1.807) is 12.3 Å². The Morgan fingerprint density at radius 2 is 2.50 bits per heavy atom. The summed E-state index contributed by atoms with van der Waals surface area (Å²) in [6, 6.07) is 2.25. The van der Waals surface area contributed by atoms with Crippen LogP contribution in [0.5, 0.6) is 0 Å². The van der Waals surface area contributed by atoms with Crippen molar-refractivity contribution in [2.24, 2.45) is 0 Å². The minimum atomic E-state index is -0.0782. The third-order valence-electron chi connectivity index (χ3n) is 2.69. The van der Waals surface area contributed by atoms with Gasteiger partial charge in [-0.3, -0.25) is 9.89 Å². The summed E-state index contributed by atoms with van der Waals surface area (Å²) in [6.45, 7) is 1.83. The van der Waals surface area contributed by atoms with Crippen molar-refractivity contribution in [2.75, 3.05) is 13.1 Å². The van der Waals surface area contributed by atoms with E-state index in [2.05, 4.69) is 20.8 Å². The lowest BCUT2D eigenvalue weighted by Gasteiger charge is -2.09. The van der Waals surface area contributed by atoms with Gasteiger partial charge in [-0.1, -0.05) is 0 Å².